The van der Waals surface area contributed by atoms with Crippen LogP contribution in [0, 0.1) is 0 Å². The second-order valence-electron chi connectivity index (χ2n) is 4.28. The number of carbonyl (C=O) groups is 1. The maximum atomic E-state index is 10.9. The molecule has 0 aliphatic heterocycles. The number of carbonyl (C=O) groups excluding carboxylic acids is 1. The van der Waals surface area contributed by atoms with Crippen LogP contribution in [0.5, 0.6) is 0 Å². The first-order valence-electron chi connectivity index (χ1n) is 6.02. The molecule has 0 bridgehead atoms. The fraction of sp³-hybridized carbons (Fsp3) is 0.357. The van der Waals surface area contributed by atoms with Crippen molar-refractivity contribution in [2.75, 3.05) is 13.7 Å². The van der Waals surface area contributed by atoms with Gasteiger partial charge in [0.25, 0.3) is 0 Å². The van der Waals surface area contributed by atoms with Crippen LogP contribution in [0.25, 0.3) is 0 Å². The molecule has 1 aromatic rings. The van der Waals surface area contributed by atoms with E-state index in [0.717, 1.165) is 12.5 Å². The Labute approximate surface area is 110 Å². The van der Waals surface area contributed by atoms with Gasteiger partial charge in [0.2, 0.25) is 8.32 Å². The first kappa shape index (κ1) is 14.7. The molecule has 1 aromatic carbocycles. The van der Waals surface area contributed by atoms with Crippen LogP contribution in [0.4, 0.5) is 0 Å². The van der Waals surface area contributed by atoms with Crippen LogP contribution in [0.2, 0.25) is 12.6 Å². The molecule has 1 rings (SSSR count). The van der Waals surface area contributed by atoms with Crippen LogP contribution < -0.4 is 5.19 Å². The molecule has 4 heteroatoms. The Morgan fingerprint density at radius 1 is 1.39 bits per heavy atom. The summed E-state index contributed by atoms with van der Waals surface area (Å²) in [6.45, 7) is 5.96. The molecule has 1 atom stereocenters. The predicted molar refractivity (Wildman–Crippen MR) is 75.3 cm³/mol. The van der Waals surface area contributed by atoms with Crippen LogP contribution in [0.15, 0.2) is 43.0 Å². The van der Waals surface area contributed by atoms with E-state index >= 15 is 0 Å². The van der Waals surface area contributed by atoms with Gasteiger partial charge in [0.1, 0.15) is 0 Å². The number of hydrogen-bond acceptors (Lipinski definition) is 3. The Hall–Kier alpha value is -1.39. The Morgan fingerprint density at radius 3 is 2.61 bits per heavy atom. The second-order valence-corrected chi connectivity index (χ2v) is 8.22. The molecule has 0 aliphatic rings. The molecule has 0 aromatic heterocycles. The molecular formula is C14H20O3Si. The van der Waals surface area contributed by atoms with Crippen molar-refractivity contribution in [3.8, 4) is 0 Å². The summed E-state index contributed by atoms with van der Waals surface area (Å²) in [4.78, 5) is 10.9. The lowest BCUT2D eigenvalue weighted by atomic mass is 10.4. The molecule has 0 N–H and O–H groups in total. The third-order valence-corrected chi connectivity index (χ3v) is 6.81. The largest absolute Gasteiger partial charge is 0.463 e. The Balaban J connectivity index is 2.51. The second kappa shape index (κ2) is 7.13. The average molecular weight is 264 g/mol. The predicted octanol–water partition coefficient (Wildman–Crippen LogP) is 2.23. The number of benzene rings is 1. The third-order valence-electron chi connectivity index (χ3n) is 3.04. The highest BCUT2D eigenvalue weighted by Gasteiger charge is 2.29. The Bertz CT molecular complexity index is 391. The molecule has 18 heavy (non-hydrogen) atoms. The minimum atomic E-state index is -1.90. The van der Waals surface area contributed by atoms with Gasteiger partial charge in [-0.15, -0.1) is 0 Å². The van der Waals surface area contributed by atoms with E-state index in [1.807, 2.05) is 18.2 Å². The molecule has 0 heterocycles. The maximum absolute atomic E-state index is 10.9. The van der Waals surface area contributed by atoms with Crippen molar-refractivity contribution < 1.29 is 14.0 Å². The first-order valence-corrected chi connectivity index (χ1v) is 8.64. The number of ether oxygens (including phenoxy) is 1. The number of hydrogen-bond donors (Lipinski definition) is 0. The lowest BCUT2D eigenvalue weighted by Gasteiger charge is -2.25. The van der Waals surface area contributed by atoms with Gasteiger partial charge >= 0.3 is 5.97 Å². The monoisotopic (exact) mass is 264 g/mol. The third kappa shape index (κ3) is 4.12. The van der Waals surface area contributed by atoms with Gasteiger partial charge in [0.15, 0.2) is 0 Å². The van der Waals surface area contributed by atoms with Crippen molar-refractivity contribution in [2.24, 2.45) is 0 Å². The van der Waals surface area contributed by atoms with Crippen molar-refractivity contribution in [2.45, 2.75) is 19.0 Å². The van der Waals surface area contributed by atoms with Crippen molar-refractivity contribution in [3.05, 3.63) is 43.0 Å². The molecule has 0 aliphatic carbocycles. The summed E-state index contributed by atoms with van der Waals surface area (Å²) in [5.41, 5.74) is 0. The Morgan fingerprint density at radius 2 is 2.06 bits per heavy atom. The highest BCUT2D eigenvalue weighted by Crippen LogP contribution is 2.13. The zero-order chi connectivity index (χ0) is 13.4. The van der Waals surface area contributed by atoms with Crippen molar-refractivity contribution >= 4 is 19.5 Å². The molecule has 0 spiro atoms. The molecule has 0 saturated carbocycles. The normalized spacial score (nSPS) is 13.7. The number of rotatable bonds is 7. The van der Waals surface area contributed by atoms with Crippen LogP contribution in [-0.2, 0) is 14.0 Å². The highest BCUT2D eigenvalue weighted by atomic mass is 28.4. The van der Waals surface area contributed by atoms with Gasteiger partial charge in [-0.3, -0.25) is 0 Å². The molecule has 1 unspecified atom stereocenters. The lowest BCUT2D eigenvalue weighted by molar-refractivity contribution is -0.137. The van der Waals surface area contributed by atoms with E-state index in [1.165, 1.54) is 11.3 Å². The summed E-state index contributed by atoms with van der Waals surface area (Å²) in [5.74, 6) is -0.365. The molecular weight excluding hydrogens is 244 g/mol. The van der Waals surface area contributed by atoms with Gasteiger partial charge < -0.3 is 9.16 Å². The van der Waals surface area contributed by atoms with E-state index < -0.39 is 8.32 Å². The molecule has 0 saturated heterocycles. The fourth-order valence-corrected chi connectivity index (χ4v) is 4.24. The van der Waals surface area contributed by atoms with Gasteiger partial charge in [-0.25, -0.2) is 4.79 Å². The van der Waals surface area contributed by atoms with Gasteiger partial charge in [-0.2, -0.15) is 0 Å². The summed E-state index contributed by atoms with van der Waals surface area (Å²) in [6.07, 6.45) is 2.00. The summed E-state index contributed by atoms with van der Waals surface area (Å²) < 4.78 is 10.7. The molecule has 0 fully saturated rings. The van der Waals surface area contributed by atoms with E-state index in [4.69, 9.17) is 9.16 Å². The quantitative estimate of drug-likeness (QED) is 0.328. The van der Waals surface area contributed by atoms with Crippen LogP contribution in [0.1, 0.15) is 6.42 Å². The van der Waals surface area contributed by atoms with Crippen molar-refractivity contribution in [1.82, 2.24) is 0 Å². The van der Waals surface area contributed by atoms with Crippen LogP contribution in [-0.4, -0.2) is 28.0 Å². The molecule has 0 amide bonds. The smallest absolute Gasteiger partial charge is 0.330 e. The SMILES string of the molecule is C=CC(=O)OCCC[Si](C)(OC)c1ccccc1. The standard InChI is InChI=1S/C14H20O3Si/c1-4-14(15)17-11-8-12-18(3,16-2)13-9-6-5-7-10-13/h4-7,9-10H,1,8,11-12H2,2-3H3. The minimum Gasteiger partial charge on any atom is -0.463 e. The maximum Gasteiger partial charge on any atom is 0.330 e. The van der Waals surface area contributed by atoms with Crippen molar-refractivity contribution in [1.29, 1.82) is 0 Å². The van der Waals surface area contributed by atoms with E-state index in [2.05, 4.69) is 25.3 Å². The molecule has 98 valence electrons. The van der Waals surface area contributed by atoms with E-state index in [9.17, 15) is 4.79 Å². The summed E-state index contributed by atoms with van der Waals surface area (Å²) in [5, 5.41) is 1.27. The fourth-order valence-electron chi connectivity index (χ4n) is 1.80. The van der Waals surface area contributed by atoms with Gasteiger partial charge in [0.05, 0.1) is 6.61 Å². The summed E-state index contributed by atoms with van der Waals surface area (Å²) in [7, 11) is -0.140. The highest BCUT2D eigenvalue weighted by molar-refractivity contribution is 6.85. The van der Waals surface area contributed by atoms with Gasteiger partial charge in [-0.1, -0.05) is 36.9 Å². The summed E-state index contributed by atoms with van der Waals surface area (Å²) in [6, 6.07) is 11.2. The van der Waals surface area contributed by atoms with E-state index in [1.54, 1.807) is 7.11 Å². The lowest BCUT2D eigenvalue weighted by Crippen LogP contribution is -2.46. The van der Waals surface area contributed by atoms with Crippen LogP contribution in [0.3, 0.4) is 0 Å². The molecule has 0 radical (unpaired) electrons. The summed E-state index contributed by atoms with van der Waals surface area (Å²) >= 11 is 0. The topological polar surface area (TPSA) is 35.5 Å². The van der Waals surface area contributed by atoms with Gasteiger partial charge in [0, 0.05) is 13.2 Å². The van der Waals surface area contributed by atoms with Crippen LogP contribution >= 0.6 is 0 Å². The average Bonchev–Trinajstić information content (AvgIpc) is 2.44. The van der Waals surface area contributed by atoms with E-state index in [-0.39, 0.29) is 5.97 Å². The van der Waals surface area contributed by atoms with Crippen molar-refractivity contribution in [3.63, 3.8) is 0 Å². The minimum absolute atomic E-state index is 0.365. The first-order chi connectivity index (χ1) is 8.62. The zero-order valence-corrected chi connectivity index (χ0v) is 12.0. The molecule has 3 nitrogen and oxygen atoms in total. The zero-order valence-electron chi connectivity index (χ0n) is 11.0. The Kier molecular flexibility index (Phi) is 5.81. The number of esters is 1. The van der Waals surface area contributed by atoms with E-state index in [0.29, 0.717) is 6.61 Å². The van der Waals surface area contributed by atoms with Gasteiger partial charge in [-0.05, 0) is 24.2 Å².